The number of H-pyrrole nitrogens is 1. The summed E-state index contributed by atoms with van der Waals surface area (Å²) in [5.74, 6) is 0.803. The number of benzene rings is 2. The van der Waals surface area contributed by atoms with Crippen LogP contribution in [0.3, 0.4) is 0 Å². The van der Waals surface area contributed by atoms with Crippen molar-refractivity contribution in [3.63, 3.8) is 0 Å². The minimum atomic E-state index is -0.0720. The molecule has 2 aromatic heterocycles. The van der Waals surface area contributed by atoms with E-state index in [0.717, 1.165) is 51.2 Å². The fraction of sp³-hybridized carbons (Fsp3) is 0.231. The average Bonchev–Trinajstić information content (AvgIpc) is 3.20. The molecule has 0 saturated carbocycles. The first-order valence-corrected chi connectivity index (χ1v) is 12.2. The molecule has 3 heterocycles. The van der Waals surface area contributed by atoms with Gasteiger partial charge in [-0.1, -0.05) is 23.7 Å². The predicted molar refractivity (Wildman–Crippen MR) is 136 cm³/mol. The molecule has 8 heteroatoms. The zero-order valence-corrected chi connectivity index (χ0v) is 20.2. The minimum absolute atomic E-state index is 0.0720. The number of fused-ring (bicyclic) bond motifs is 1. The highest BCUT2D eigenvalue weighted by Gasteiger charge is 2.24. The van der Waals surface area contributed by atoms with Crippen LogP contribution in [0.4, 0.5) is 0 Å². The van der Waals surface area contributed by atoms with E-state index in [-0.39, 0.29) is 6.10 Å². The van der Waals surface area contributed by atoms with Crippen molar-refractivity contribution in [1.29, 1.82) is 0 Å². The quantitative estimate of drug-likeness (QED) is 0.259. The number of nitrogens with zero attached hydrogens (tertiary/aromatic N) is 2. The number of aromatic amines is 1. The van der Waals surface area contributed by atoms with Crippen molar-refractivity contribution in [3.8, 4) is 16.9 Å². The second kappa shape index (κ2) is 10.2. The molecule has 0 aliphatic carbocycles. The van der Waals surface area contributed by atoms with Crippen LogP contribution < -0.4 is 4.74 Å². The fourth-order valence-corrected chi connectivity index (χ4v) is 5.31. The number of nitrogens with one attached hydrogen (secondary N) is 1. The Bertz CT molecular complexity index is 1310. The number of rotatable bonds is 7. The number of aryl methyl sites for hydroxylation is 1. The predicted octanol–water partition coefficient (Wildman–Crippen LogP) is 5.79. The summed E-state index contributed by atoms with van der Waals surface area (Å²) in [4.78, 5) is 19.9. The largest absolute Gasteiger partial charge is 0.491 e. The molecular formula is C26H24ClN3O3S. The highest BCUT2D eigenvalue weighted by molar-refractivity contribution is 7.97. The monoisotopic (exact) mass is 493 g/mol. The van der Waals surface area contributed by atoms with E-state index in [4.69, 9.17) is 21.1 Å². The average molecular weight is 494 g/mol. The highest BCUT2D eigenvalue weighted by atomic mass is 35.5. The van der Waals surface area contributed by atoms with Gasteiger partial charge in [-0.25, -0.2) is 4.31 Å². The molecule has 6 nitrogen and oxygen atoms in total. The zero-order valence-electron chi connectivity index (χ0n) is 18.7. The van der Waals surface area contributed by atoms with Gasteiger partial charge >= 0.3 is 0 Å². The van der Waals surface area contributed by atoms with E-state index < -0.39 is 0 Å². The van der Waals surface area contributed by atoms with Gasteiger partial charge in [0.1, 0.15) is 18.5 Å². The summed E-state index contributed by atoms with van der Waals surface area (Å²) in [6.45, 7) is 4.48. The van der Waals surface area contributed by atoms with Gasteiger partial charge in [-0.15, -0.1) is 0 Å². The second-order valence-corrected chi connectivity index (χ2v) is 9.71. The summed E-state index contributed by atoms with van der Waals surface area (Å²) in [6, 6.07) is 17.7. The Morgan fingerprint density at radius 1 is 1.21 bits per heavy atom. The van der Waals surface area contributed by atoms with Gasteiger partial charge in [0.05, 0.1) is 17.2 Å². The van der Waals surface area contributed by atoms with E-state index in [0.29, 0.717) is 30.5 Å². The molecular weight excluding hydrogens is 470 g/mol. The molecule has 1 fully saturated rings. The first-order valence-electron chi connectivity index (χ1n) is 11.1. The van der Waals surface area contributed by atoms with Crippen LogP contribution in [0.15, 0.2) is 65.7 Å². The van der Waals surface area contributed by atoms with Crippen molar-refractivity contribution < 1.29 is 14.3 Å². The van der Waals surface area contributed by atoms with Crippen LogP contribution in [0, 0.1) is 6.92 Å². The molecule has 1 unspecified atom stereocenters. The first kappa shape index (κ1) is 22.9. The lowest BCUT2D eigenvalue weighted by atomic mass is 10.1. The standard InChI is InChI=1S/C26H24ClN3O3S/c1-17-12-19(8-9-28-17)18-2-5-21(6-3-18)33-16-22-14-30(10-11-32-22)34-26-23-13-20(27)4-7-24(23)29-25(26)15-31/h2-9,12-13,15,22,29H,10-11,14,16H2,1H3. The Kier molecular flexibility index (Phi) is 6.87. The van der Waals surface area contributed by atoms with Gasteiger partial charge in [-0.3, -0.25) is 9.78 Å². The summed E-state index contributed by atoms with van der Waals surface area (Å²) in [7, 11) is 0. The van der Waals surface area contributed by atoms with Crippen molar-refractivity contribution in [3.05, 3.63) is 77.2 Å². The third-order valence-corrected chi connectivity index (χ3v) is 7.15. The summed E-state index contributed by atoms with van der Waals surface area (Å²) in [6.07, 6.45) is 2.60. The summed E-state index contributed by atoms with van der Waals surface area (Å²) >= 11 is 7.75. The molecule has 2 aromatic carbocycles. The van der Waals surface area contributed by atoms with Crippen molar-refractivity contribution in [2.75, 3.05) is 26.3 Å². The lowest BCUT2D eigenvalue weighted by molar-refractivity contribution is -0.0224. The lowest BCUT2D eigenvalue weighted by Gasteiger charge is -2.31. The molecule has 0 spiro atoms. The van der Waals surface area contributed by atoms with E-state index in [1.165, 1.54) is 0 Å². The molecule has 5 rings (SSSR count). The van der Waals surface area contributed by atoms with E-state index in [9.17, 15) is 4.79 Å². The highest BCUT2D eigenvalue weighted by Crippen LogP contribution is 2.35. The van der Waals surface area contributed by atoms with Crippen LogP contribution in [0.5, 0.6) is 5.75 Å². The first-order chi connectivity index (χ1) is 16.6. The van der Waals surface area contributed by atoms with Crippen LogP contribution in [0.25, 0.3) is 22.0 Å². The molecule has 1 aliphatic heterocycles. The van der Waals surface area contributed by atoms with Crippen molar-refractivity contribution in [2.45, 2.75) is 17.9 Å². The molecule has 0 radical (unpaired) electrons. The number of carbonyl (C=O) groups excluding carboxylic acids is 1. The van der Waals surface area contributed by atoms with E-state index >= 15 is 0 Å². The van der Waals surface area contributed by atoms with Crippen molar-refractivity contribution in [2.24, 2.45) is 0 Å². The lowest BCUT2D eigenvalue weighted by Crippen LogP contribution is -2.41. The van der Waals surface area contributed by atoms with E-state index in [1.807, 2.05) is 49.5 Å². The van der Waals surface area contributed by atoms with E-state index in [1.54, 1.807) is 11.9 Å². The molecule has 1 N–H and O–H groups in total. The normalized spacial score (nSPS) is 16.6. The van der Waals surface area contributed by atoms with Gasteiger partial charge in [-0.2, -0.15) is 0 Å². The summed E-state index contributed by atoms with van der Waals surface area (Å²) in [5.41, 5.74) is 4.71. The molecule has 174 valence electrons. The number of ether oxygens (including phenoxy) is 2. The molecule has 34 heavy (non-hydrogen) atoms. The van der Waals surface area contributed by atoms with Gasteiger partial charge in [0, 0.05) is 40.9 Å². The number of halogens is 1. The smallest absolute Gasteiger partial charge is 0.167 e. The van der Waals surface area contributed by atoms with Crippen LogP contribution in [-0.2, 0) is 4.74 Å². The maximum absolute atomic E-state index is 11.6. The topological polar surface area (TPSA) is 67.5 Å². The van der Waals surface area contributed by atoms with Gasteiger partial charge in [-0.05, 0) is 72.5 Å². The van der Waals surface area contributed by atoms with Gasteiger partial charge < -0.3 is 14.5 Å². The molecule has 1 atom stereocenters. The Morgan fingerprint density at radius 2 is 2.06 bits per heavy atom. The molecule has 1 aliphatic rings. The molecule has 1 saturated heterocycles. The zero-order chi connectivity index (χ0) is 23.5. The van der Waals surface area contributed by atoms with E-state index in [2.05, 4.69) is 32.5 Å². The Hall–Kier alpha value is -2.84. The number of hydrogen-bond acceptors (Lipinski definition) is 6. The third-order valence-electron chi connectivity index (χ3n) is 5.70. The second-order valence-electron chi connectivity index (χ2n) is 8.17. The SMILES string of the molecule is Cc1cc(-c2ccc(OCC3CN(Sc4c(C=O)[nH]c5ccc(Cl)cc45)CCO3)cc2)ccn1. The number of carbonyl (C=O) groups is 1. The third kappa shape index (κ3) is 5.13. The number of aromatic nitrogens is 2. The maximum Gasteiger partial charge on any atom is 0.167 e. The van der Waals surface area contributed by atoms with Crippen LogP contribution in [0.1, 0.15) is 16.2 Å². The number of hydrogen-bond donors (Lipinski definition) is 1. The van der Waals surface area contributed by atoms with Crippen molar-refractivity contribution in [1.82, 2.24) is 14.3 Å². The number of aldehydes is 1. The minimum Gasteiger partial charge on any atom is -0.491 e. The van der Waals surface area contributed by atoms with Crippen LogP contribution >= 0.6 is 23.5 Å². The van der Waals surface area contributed by atoms with Gasteiger partial charge in [0.15, 0.2) is 6.29 Å². The molecule has 0 amide bonds. The Labute approximate surface area is 207 Å². The fourth-order valence-electron chi connectivity index (χ4n) is 4.00. The van der Waals surface area contributed by atoms with Crippen LogP contribution in [-0.4, -0.2) is 53.0 Å². The Morgan fingerprint density at radius 3 is 2.85 bits per heavy atom. The molecule has 4 aromatic rings. The summed E-state index contributed by atoms with van der Waals surface area (Å²) < 4.78 is 14.2. The number of pyridine rings is 1. The van der Waals surface area contributed by atoms with Gasteiger partial charge in [0.2, 0.25) is 0 Å². The molecule has 0 bridgehead atoms. The van der Waals surface area contributed by atoms with Crippen molar-refractivity contribution >= 4 is 40.7 Å². The number of morpholine rings is 1. The van der Waals surface area contributed by atoms with Crippen LogP contribution in [0.2, 0.25) is 5.02 Å². The summed E-state index contributed by atoms with van der Waals surface area (Å²) in [5, 5.41) is 1.59. The Balaban J connectivity index is 1.21. The van der Waals surface area contributed by atoms with Gasteiger partial charge in [0.25, 0.3) is 0 Å². The maximum atomic E-state index is 11.6.